The minimum Gasteiger partial charge on any atom is -0.384 e. The predicted molar refractivity (Wildman–Crippen MR) is 72.8 cm³/mol. The summed E-state index contributed by atoms with van der Waals surface area (Å²) in [6.45, 7) is 0.937. The van der Waals surface area contributed by atoms with Crippen LogP contribution >= 0.6 is 0 Å². The van der Waals surface area contributed by atoms with Gasteiger partial charge in [0.15, 0.2) is 0 Å². The number of nitrogens with one attached hydrogen (secondary N) is 1. The molecule has 2 aromatic heterocycles. The Hall–Kier alpha value is -2.65. The molecule has 0 aromatic carbocycles. The van der Waals surface area contributed by atoms with E-state index in [2.05, 4.69) is 27.1 Å². The molecule has 0 aliphatic heterocycles. The van der Waals surface area contributed by atoms with Crippen molar-refractivity contribution in [1.29, 1.82) is 0 Å². The van der Waals surface area contributed by atoms with Gasteiger partial charge in [0, 0.05) is 43.4 Å². The van der Waals surface area contributed by atoms with Crippen molar-refractivity contribution in [3.05, 3.63) is 48.3 Å². The van der Waals surface area contributed by atoms with Crippen LogP contribution in [0.2, 0.25) is 0 Å². The molecule has 0 aliphatic carbocycles. The van der Waals surface area contributed by atoms with Crippen molar-refractivity contribution in [2.24, 2.45) is 0 Å². The summed E-state index contributed by atoms with van der Waals surface area (Å²) < 4.78 is 1.88. The summed E-state index contributed by atoms with van der Waals surface area (Å²) in [5.74, 6) is 5.03. The van der Waals surface area contributed by atoms with Gasteiger partial charge in [-0.05, 0) is 6.07 Å². The smallest absolute Gasteiger partial charge is 0.252 e. The first-order valence-electron chi connectivity index (χ1n) is 6.08. The Balaban J connectivity index is 1.91. The predicted octanol–water partition coefficient (Wildman–Crippen LogP) is 0.0519. The van der Waals surface area contributed by atoms with E-state index in [1.807, 2.05) is 10.8 Å². The third kappa shape index (κ3) is 3.93. The molecule has 0 atom stereocenters. The van der Waals surface area contributed by atoms with E-state index in [-0.39, 0.29) is 12.5 Å². The van der Waals surface area contributed by atoms with E-state index in [1.165, 1.54) is 6.20 Å². The topological polar surface area (TPSA) is 80.0 Å². The summed E-state index contributed by atoms with van der Waals surface area (Å²) in [5, 5.41) is 11.4. The van der Waals surface area contributed by atoms with E-state index in [1.54, 1.807) is 24.8 Å². The fourth-order valence-corrected chi connectivity index (χ4v) is 1.59. The van der Waals surface area contributed by atoms with Crippen LogP contribution in [0.4, 0.5) is 0 Å². The Morgan fingerprint density at radius 1 is 1.40 bits per heavy atom. The molecule has 0 aliphatic rings. The fourth-order valence-electron chi connectivity index (χ4n) is 1.59. The number of aliphatic hydroxyl groups is 1. The number of rotatable bonds is 4. The molecule has 2 aromatic rings. The zero-order valence-corrected chi connectivity index (χ0v) is 10.8. The third-order valence-corrected chi connectivity index (χ3v) is 2.53. The molecule has 0 saturated heterocycles. The Bertz CT molecular complexity index is 626. The molecule has 0 fully saturated rings. The average Bonchev–Trinajstić information content (AvgIpc) is 2.98. The Labute approximate surface area is 116 Å². The van der Waals surface area contributed by atoms with Crippen LogP contribution in [-0.4, -0.2) is 38.7 Å². The average molecular weight is 270 g/mol. The SMILES string of the molecule is O=C(NCCn1ccnc1)c1cncc(C#CCO)c1. The number of aliphatic hydroxyl groups excluding tert-OH is 1. The lowest BCUT2D eigenvalue weighted by Gasteiger charge is -2.05. The minimum atomic E-state index is -0.221. The fraction of sp³-hybridized carbons (Fsp3) is 0.214. The van der Waals surface area contributed by atoms with E-state index < -0.39 is 0 Å². The minimum absolute atomic E-state index is 0.203. The molecule has 6 nitrogen and oxygen atoms in total. The Morgan fingerprint density at radius 2 is 2.30 bits per heavy atom. The Morgan fingerprint density at radius 3 is 3.05 bits per heavy atom. The van der Waals surface area contributed by atoms with E-state index in [9.17, 15) is 4.79 Å². The van der Waals surface area contributed by atoms with Crippen molar-refractivity contribution in [3.63, 3.8) is 0 Å². The van der Waals surface area contributed by atoms with Crippen molar-refractivity contribution in [1.82, 2.24) is 19.9 Å². The second-order valence-corrected chi connectivity index (χ2v) is 3.98. The summed E-state index contributed by atoms with van der Waals surface area (Å²) in [7, 11) is 0. The van der Waals surface area contributed by atoms with E-state index >= 15 is 0 Å². The van der Waals surface area contributed by atoms with Gasteiger partial charge in [0.2, 0.25) is 0 Å². The van der Waals surface area contributed by atoms with Gasteiger partial charge in [-0.15, -0.1) is 0 Å². The highest BCUT2D eigenvalue weighted by Gasteiger charge is 2.05. The van der Waals surface area contributed by atoms with Crippen LogP contribution < -0.4 is 5.32 Å². The van der Waals surface area contributed by atoms with Crippen LogP contribution in [0.3, 0.4) is 0 Å². The zero-order valence-electron chi connectivity index (χ0n) is 10.8. The molecular weight excluding hydrogens is 256 g/mol. The largest absolute Gasteiger partial charge is 0.384 e. The number of amides is 1. The summed E-state index contributed by atoms with van der Waals surface area (Å²) in [6, 6.07) is 1.64. The number of nitrogens with zero attached hydrogens (tertiary/aromatic N) is 3. The first-order valence-corrected chi connectivity index (χ1v) is 6.08. The molecule has 1 amide bonds. The van der Waals surface area contributed by atoms with Gasteiger partial charge >= 0.3 is 0 Å². The van der Waals surface area contributed by atoms with E-state index in [0.717, 1.165) is 0 Å². The third-order valence-electron chi connectivity index (χ3n) is 2.53. The quantitative estimate of drug-likeness (QED) is 0.769. The van der Waals surface area contributed by atoms with Gasteiger partial charge in [0.1, 0.15) is 6.61 Å². The summed E-state index contributed by atoms with van der Waals surface area (Å²) >= 11 is 0. The number of imidazole rings is 1. The molecule has 102 valence electrons. The molecule has 0 radical (unpaired) electrons. The summed E-state index contributed by atoms with van der Waals surface area (Å²) in [4.78, 5) is 19.8. The number of carbonyl (C=O) groups excluding carboxylic acids is 1. The van der Waals surface area contributed by atoms with Gasteiger partial charge in [0.25, 0.3) is 5.91 Å². The zero-order chi connectivity index (χ0) is 14.2. The first-order chi connectivity index (χ1) is 9.79. The normalized spacial score (nSPS) is 9.65. The van der Waals surface area contributed by atoms with Crippen molar-refractivity contribution in [2.45, 2.75) is 6.54 Å². The maximum atomic E-state index is 11.9. The molecular formula is C14H14N4O2. The molecule has 0 bridgehead atoms. The second kappa shape index (κ2) is 7.07. The van der Waals surface area contributed by atoms with E-state index in [4.69, 9.17) is 5.11 Å². The van der Waals surface area contributed by atoms with Crippen LogP contribution in [0.25, 0.3) is 0 Å². The standard InChI is InChI=1S/C14H14N4O2/c19-7-1-2-12-8-13(10-16-9-12)14(20)17-4-6-18-5-3-15-11-18/h3,5,8-11,19H,4,6-7H2,(H,17,20). The lowest BCUT2D eigenvalue weighted by molar-refractivity contribution is 0.0952. The molecule has 2 rings (SSSR count). The lowest BCUT2D eigenvalue weighted by atomic mass is 10.2. The van der Waals surface area contributed by atoms with E-state index in [0.29, 0.717) is 24.2 Å². The van der Waals surface area contributed by atoms with Crippen LogP contribution in [0.1, 0.15) is 15.9 Å². The van der Waals surface area contributed by atoms with Gasteiger partial charge in [0.05, 0.1) is 11.9 Å². The van der Waals surface area contributed by atoms with Crippen molar-refractivity contribution in [3.8, 4) is 11.8 Å². The molecule has 0 spiro atoms. The number of hydrogen-bond donors (Lipinski definition) is 2. The van der Waals surface area contributed by atoms with Gasteiger partial charge in [-0.1, -0.05) is 11.8 Å². The maximum absolute atomic E-state index is 11.9. The molecule has 20 heavy (non-hydrogen) atoms. The number of hydrogen-bond acceptors (Lipinski definition) is 4. The van der Waals surface area contributed by atoms with Crippen LogP contribution in [0, 0.1) is 11.8 Å². The second-order valence-electron chi connectivity index (χ2n) is 3.98. The number of pyridine rings is 1. The number of carbonyl (C=O) groups is 1. The summed E-state index contributed by atoms with van der Waals surface area (Å²) in [5.41, 5.74) is 1.04. The molecule has 6 heteroatoms. The highest BCUT2D eigenvalue weighted by molar-refractivity contribution is 5.94. The first kappa shape index (κ1) is 13.8. The Kier molecular flexibility index (Phi) is 4.87. The van der Waals surface area contributed by atoms with Crippen molar-refractivity contribution >= 4 is 5.91 Å². The van der Waals surface area contributed by atoms with Crippen LogP contribution in [0.5, 0.6) is 0 Å². The molecule has 2 heterocycles. The van der Waals surface area contributed by atoms with Gasteiger partial charge < -0.3 is 15.0 Å². The molecule has 0 unspecified atom stereocenters. The van der Waals surface area contributed by atoms with Crippen molar-refractivity contribution in [2.75, 3.05) is 13.2 Å². The van der Waals surface area contributed by atoms with Gasteiger partial charge in [-0.3, -0.25) is 9.78 Å². The van der Waals surface area contributed by atoms with Crippen LogP contribution in [-0.2, 0) is 6.54 Å². The highest BCUT2D eigenvalue weighted by Crippen LogP contribution is 2.01. The maximum Gasteiger partial charge on any atom is 0.252 e. The lowest BCUT2D eigenvalue weighted by Crippen LogP contribution is -2.27. The van der Waals surface area contributed by atoms with Gasteiger partial charge in [-0.2, -0.15) is 0 Å². The van der Waals surface area contributed by atoms with Crippen LogP contribution in [0.15, 0.2) is 37.2 Å². The molecule has 0 saturated carbocycles. The molecule has 2 N–H and O–H groups in total. The summed E-state index contributed by atoms with van der Waals surface area (Å²) in [6.07, 6.45) is 8.24. The van der Waals surface area contributed by atoms with Gasteiger partial charge in [-0.25, -0.2) is 4.98 Å². The number of aromatic nitrogens is 3. The highest BCUT2D eigenvalue weighted by atomic mass is 16.2. The monoisotopic (exact) mass is 270 g/mol. The van der Waals surface area contributed by atoms with Crippen molar-refractivity contribution < 1.29 is 9.90 Å².